The van der Waals surface area contributed by atoms with E-state index in [1.807, 2.05) is 11.4 Å². The van der Waals surface area contributed by atoms with Crippen molar-refractivity contribution < 1.29 is 22.4 Å². The molecule has 2 aromatic rings. The van der Waals surface area contributed by atoms with Crippen LogP contribution < -0.4 is 16.4 Å². The quantitative estimate of drug-likeness (QED) is 0.572. The van der Waals surface area contributed by atoms with E-state index in [2.05, 4.69) is 5.32 Å². The molecule has 5 nitrogen and oxygen atoms in total. The molecule has 0 bridgehead atoms. The van der Waals surface area contributed by atoms with Crippen LogP contribution in [0, 0.1) is 17.1 Å². The van der Waals surface area contributed by atoms with Crippen LogP contribution >= 0.6 is 0 Å². The Kier molecular flexibility index (Phi) is 4.59. The number of carbonyl (C=O) groups excluding carboxylic acids is 1. The maximum Gasteiger partial charge on any atom is 0.416 e. The summed E-state index contributed by atoms with van der Waals surface area (Å²) in [5.74, 6) is -1.02. The highest BCUT2D eigenvalue weighted by molar-refractivity contribution is 6.00. The van der Waals surface area contributed by atoms with Gasteiger partial charge in [0.1, 0.15) is 5.82 Å². The number of anilines is 3. The predicted molar refractivity (Wildman–Crippen MR) is 79.6 cm³/mol. The molecule has 0 aliphatic carbocycles. The smallest absolute Gasteiger partial charge is 0.399 e. The molecule has 0 heterocycles. The van der Waals surface area contributed by atoms with Gasteiger partial charge in [-0.1, -0.05) is 0 Å². The van der Waals surface area contributed by atoms with E-state index in [1.54, 1.807) is 0 Å². The number of hydrogen-bond acceptors (Lipinski definition) is 3. The zero-order valence-electron chi connectivity index (χ0n) is 11.9. The van der Waals surface area contributed by atoms with Gasteiger partial charge in [0.2, 0.25) is 0 Å². The van der Waals surface area contributed by atoms with Crippen molar-refractivity contribution >= 4 is 23.1 Å². The van der Waals surface area contributed by atoms with Crippen LogP contribution in [0.5, 0.6) is 0 Å². The summed E-state index contributed by atoms with van der Waals surface area (Å²) in [5, 5.41) is 13.1. The molecule has 0 unspecified atom stereocenters. The summed E-state index contributed by atoms with van der Waals surface area (Å²) in [5.41, 5.74) is 4.33. The van der Waals surface area contributed by atoms with Gasteiger partial charge in [-0.05, 0) is 36.4 Å². The number of halogens is 4. The Morgan fingerprint density at radius 3 is 2.46 bits per heavy atom. The van der Waals surface area contributed by atoms with Gasteiger partial charge < -0.3 is 16.4 Å². The van der Waals surface area contributed by atoms with E-state index in [1.165, 1.54) is 18.2 Å². The lowest BCUT2D eigenvalue weighted by Crippen LogP contribution is -2.21. The number of nitriles is 1. The molecule has 0 aliphatic heterocycles. The first kappa shape index (κ1) is 17.1. The summed E-state index contributed by atoms with van der Waals surface area (Å²) in [6.45, 7) is 0. The number of nitrogens with two attached hydrogens (primary N) is 1. The number of hydrogen-bond donors (Lipinski definition) is 3. The summed E-state index contributed by atoms with van der Waals surface area (Å²) in [6.07, 6.45) is -4.67. The SMILES string of the molecule is N#Cc1cc(N)cc(NC(=O)Nc2cc(C(F)(F)F)ccc2F)c1. The number of nitrogens with zero attached hydrogens (tertiary/aromatic N) is 1. The molecule has 0 saturated carbocycles. The number of carbonyl (C=O) groups is 1. The second-order valence-corrected chi connectivity index (χ2v) is 4.73. The zero-order chi connectivity index (χ0) is 17.9. The Morgan fingerprint density at radius 2 is 1.83 bits per heavy atom. The fraction of sp³-hybridized carbons (Fsp3) is 0.0667. The molecule has 0 aliphatic rings. The van der Waals surface area contributed by atoms with Crippen molar-refractivity contribution in [2.45, 2.75) is 6.18 Å². The largest absolute Gasteiger partial charge is 0.416 e. The normalized spacial score (nSPS) is 10.8. The Hall–Kier alpha value is -3.28. The van der Waals surface area contributed by atoms with E-state index < -0.39 is 29.3 Å². The first-order valence-electron chi connectivity index (χ1n) is 6.44. The first-order valence-corrected chi connectivity index (χ1v) is 6.44. The van der Waals surface area contributed by atoms with Gasteiger partial charge in [-0.2, -0.15) is 18.4 Å². The lowest BCUT2D eigenvalue weighted by atomic mass is 10.2. The number of urea groups is 1. The maximum atomic E-state index is 13.6. The van der Waals surface area contributed by atoms with E-state index in [0.717, 1.165) is 0 Å². The third-order valence-corrected chi connectivity index (χ3v) is 2.88. The number of benzene rings is 2. The molecule has 0 aromatic heterocycles. The average molecular weight is 338 g/mol. The Balaban J connectivity index is 2.19. The minimum Gasteiger partial charge on any atom is -0.399 e. The third kappa shape index (κ3) is 4.13. The molecule has 2 rings (SSSR count). The van der Waals surface area contributed by atoms with Crippen LogP contribution in [0.25, 0.3) is 0 Å². The topological polar surface area (TPSA) is 90.9 Å². The lowest BCUT2D eigenvalue weighted by molar-refractivity contribution is -0.137. The molecule has 0 fully saturated rings. The van der Waals surface area contributed by atoms with Crippen LogP contribution in [0.3, 0.4) is 0 Å². The minimum absolute atomic E-state index is 0.136. The molecule has 2 amide bonds. The molecule has 24 heavy (non-hydrogen) atoms. The van der Waals surface area contributed by atoms with Crippen LogP contribution in [0.15, 0.2) is 36.4 Å². The van der Waals surface area contributed by atoms with Crippen molar-refractivity contribution in [1.29, 1.82) is 5.26 Å². The molecular formula is C15H10F4N4O. The molecule has 0 saturated heterocycles. The van der Waals surface area contributed by atoms with Crippen molar-refractivity contribution in [1.82, 2.24) is 0 Å². The van der Waals surface area contributed by atoms with Crippen molar-refractivity contribution in [2.75, 3.05) is 16.4 Å². The van der Waals surface area contributed by atoms with Crippen LogP contribution in [0.2, 0.25) is 0 Å². The first-order chi connectivity index (χ1) is 11.2. The number of alkyl halides is 3. The summed E-state index contributed by atoms with van der Waals surface area (Å²) < 4.78 is 51.4. The summed E-state index contributed by atoms with van der Waals surface area (Å²) in [6, 6.07) is 6.50. The third-order valence-electron chi connectivity index (χ3n) is 2.88. The Labute approximate surface area is 133 Å². The summed E-state index contributed by atoms with van der Waals surface area (Å²) in [4.78, 5) is 11.8. The molecule has 9 heteroatoms. The van der Waals surface area contributed by atoms with Crippen LogP contribution in [0.4, 0.5) is 39.4 Å². The van der Waals surface area contributed by atoms with Gasteiger partial charge in [0.05, 0.1) is 22.9 Å². The van der Waals surface area contributed by atoms with Gasteiger partial charge >= 0.3 is 12.2 Å². The van der Waals surface area contributed by atoms with E-state index >= 15 is 0 Å². The number of amides is 2. The summed E-state index contributed by atoms with van der Waals surface area (Å²) in [7, 11) is 0. The van der Waals surface area contributed by atoms with Crippen LogP contribution in [-0.4, -0.2) is 6.03 Å². The number of rotatable bonds is 2. The fourth-order valence-corrected chi connectivity index (χ4v) is 1.87. The maximum absolute atomic E-state index is 13.6. The van der Waals surface area contributed by atoms with Crippen molar-refractivity contribution in [3.63, 3.8) is 0 Å². The van der Waals surface area contributed by atoms with Gasteiger partial charge in [0.15, 0.2) is 0 Å². The Morgan fingerprint density at radius 1 is 1.12 bits per heavy atom. The molecule has 0 atom stereocenters. The number of nitrogen functional groups attached to an aromatic ring is 1. The zero-order valence-corrected chi connectivity index (χ0v) is 11.9. The van der Waals surface area contributed by atoms with Crippen molar-refractivity contribution in [2.24, 2.45) is 0 Å². The molecule has 124 valence electrons. The van der Waals surface area contributed by atoms with Crippen LogP contribution in [0.1, 0.15) is 11.1 Å². The van der Waals surface area contributed by atoms with E-state index in [4.69, 9.17) is 11.0 Å². The monoisotopic (exact) mass is 338 g/mol. The van der Waals surface area contributed by atoms with E-state index in [-0.39, 0.29) is 16.9 Å². The van der Waals surface area contributed by atoms with E-state index in [9.17, 15) is 22.4 Å². The minimum atomic E-state index is -4.67. The second-order valence-electron chi connectivity index (χ2n) is 4.73. The highest BCUT2D eigenvalue weighted by atomic mass is 19.4. The van der Waals surface area contributed by atoms with Gasteiger partial charge in [-0.15, -0.1) is 0 Å². The highest BCUT2D eigenvalue weighted by Gasteiger charge is 2.31. The Bertz CT molecular complexity index is 827. The van der Waals surface area contributed by atoms with Gasteiger partial charge in [-0.25, -0.2) is 9.18 Å². The average Bonchev–Trinajstić information content (AvgIpc) is 2.47. The van der Waals surface area contributed by atoms with Crippen molar-refractivity contribution in [3.05, 3.63) is 53.3 Å². The van der Waals surface area contributed by atoms with Gasteiger partial charge in [-0.3, -0.25) is 0 Å². The molecule has 0 radical (unpaired) electrons. The van der Waals surface area contributed by atoms with E-state index in [0.29, 0.717) is 18.2 Å². The molecule has 2 aromatic carbocycles. The molecule has 4 N–H and O–H groups in total. The lowest BCUT2D eigenvalue weighted by Gasteiger charge is -2.12. The highest BCUT2D eigenvalue weighted by Crippen LogP contribution is 2.31. The molecule has 0 spiro atoms. The predicted octanol–water partition coefficient (Wildman–Crippen LogP) is 3.94. The van der Waals surface area contributed by atoms with Gasteiger partial charge in [0.25, 0.3) is 0 Å². The second kappa shape index (κ2) is 6.45. The molecular weight excluding hydrogens is 328 g/mol. The fourth-order valence-electron chi connectivity index (χ4n) is 1.87. The van der Waals surface area contributed by atoms with Crippen LogP contribution in [-0.2, 0) is 6.18 Å². The van der Waals surface area contributed by atoms with Crippen molar-refractivity contribution in [3.8, 4) is 6.07 Å². The van der Waals surface area contributed by atoms with Gasteiger partial charge in [0, 0.05) is 11.4 Å². The number of nitrogens with one attached hydrogen (secondary N) is 2. The summed E-state index contributed by atoms with van der Waals surface area (Å²) >= 11 is 0. The standard InChI is InChI=1S/C15H10F4N4O/c16-12-2-1-9(15(17,18)19)5-13(12)23-14(24)22-11-4-8(7-20)3-10(21)6-11/h1-6H,21H2,(H2,22,23,24).